The van der Waals surface area contributed by atoms with Gasteiger partial charge in [0.05, 0.1) is 5.02 Å². The molecule has 1 fully saturated rings. The van der Waals surface area contributed by atoms with Crippen LogP contribution in [0.3, 0.4) is 0 Å². The van der Waals surface area contributed by atoms with Crippen molar-refractivity contribution in [2.24, 2.45) is 0 Å². The fraction of sp³-hybridized carbons (Fsp3) is 0.400. The predicted molar refractivity (Wildman–Crippen MR) is 53.3 cm³/mol. The van der Waals surface area contributed by atoms with Crippen LogP contribution >= 0.6 is 11.6 Å². The molecule has 76 valence electrons. The summed E-state index contributed by atoms with van der Waals surface area (Å²) in [6.45, 7) is 1.58. The van der Waals surface area contributed by atoms with Crippen LogP contribution in [0.4, 0.5) is 4.39 Å². The average Bonchev–Trinajstić information content (AvgIpc) is 2.08. The summed E-state index contributed by atoms with van der Waals surface area (Å²) in [7, 11) is 0. The van der Waals surface area contributed by atoms with E-state index in [9.17, 15) is 4.39 Å². The Bertz CT molecular complexity index is 328. The van der Waals surface area contributed by atoms with Crippen molar-refractivity contribution in [3.63, 3.8) is 0 Å². The largest absolute Gasteiger partial charge is 0.490 e. The predicted octanol–water partition coefficient (Wildman–Crippen LogP) is 2.22. The van der Waals surface area contributed by atoms with E-state index in [-0.39, 0.29) is 5.82 Å². The Morgan fingerprint density at radius 3 is 3.00 bits per heavy atom. The molecule has 1 N–H and O–H groups in total. The van der Waals surface area contributed by atoms with E-state index in [1.165, 1.54) is 18.2 Å². The molecule has 0 bridgehead atoms. The molecule has 0 aliphatic carbocycles. The van der Waals surface area contributed by atoms with Gasteiger partial charge in [-0.15, -0.1) is 0 Å². The smallest absolute Gasteiger partial charge is 0.140 e. The minimum atomic E-state index is -0.328. The maximum absolute atomic E-state index is 12.8. The standard InChI is InChI=1S/C10H11ClFNO/c11-9-2-1-7(12)5-10(9)14-6-8-3-4-13-8/h1-2,5,8,13H,3-4,6H2. The Morgan fingerprint density at radius 1 is 1.57 bits per heavy atom. The fourth-order valence-electron chi connectivity index (χ4n) is 1.27. The first-order chi connectivity index (χ1) is 6.75. The van der Waals surface area contributed by atoms with E-state index in [1.54, 1.807) is 0 Å². The van der Waals surface area contributed by atoms with E-state index >= 15 is 0 Å². The summed E-state index contributed by atoms with van der Waals surface area (Å²) in [6, 6.07) is 4.51. The van der Waals surface area contributed by atoms with Gasteiger partial charge in [0.2, 0.25) is 0 Å². The van der Waals surface area contributed by atoms with E-state index in [0.717, 1.165) is 13.0 Å². The molecule has 1 heterocycles. The van der Waals surface area contributed by atoms with Crippen LogP contribution in [-0.4, -0.2) is 19.2 Å². The van der Waals surface area contributed by atoms with Gasteiger partial charge in [0.25, 0.3) is 0 Å². The highest BCUT2D eigenvalue weighted by molar-refractivity contribution is 6.32. The third kappa shape index (κ3) is 2.16. The van der Waals surface area contributed by atoms with Crippen molar-refractivity contribution in [1.82, 2.24) is 5.32 Å². The van der Waals surface area contributed by atoms with Gasteiger partial charge in [-0.1, -0.05) is 11.6 Å². The van der Waals surface area contributed by atoms with Gasteiger partial charge >= 0.3 is 0 Å². The molecule has 1 aromatic rings. The van der Waals surface area contributed by atoms with E-state index in [1.807, 2.05) is 0 Å². The maximum Gasteiger partial charge on any atom is 0.140 e. The van der Waals surface area contributed by atoms with Gasteiger partial charge in [0, 0.05) is 12.1 Å². The quantitative estimate of drug-likeness (QED) is 0.835. The Morgan fingerprint density at radius 2 is 2.36 bits per heavy atom. The number of rotatable bonds is 3. The Hall–Kier alpha value is -0.800. The molecule has 0 aromatic heterocycles. The zero-order chi connectivity index (χ0) is 9.97. The Kier molecular flexibility index (Phi) is 2.89. The Labute approximate surface area is 87.0 Å². The zero-order valence-corrected chi connectivity index (χ0v) is 8.35. The van der Waals surface area contributed by atoms with Gasteiger partial charge in [-0.05, 0) is 25.1 Å². The Balaban J connectivity index is 1.96. The third-order valence-electron chi connectivity index (χ3n) is 2.26. The van der Waals surface area contributed by atoms with Gasteiger partial charge in [-0.2, -0.15) is 0 Å². The van der Waals surface area contributed by atoms with Gasteiger partial charge < -0.3 is 10.1 Å². The van der Waals surface area contributed by atoms with Crippen molar-refractivity contribution in [1.29, 1.82) is 0 Å². The summed E-state index contributed by atoms with van der Waals surface area (Å²) in [5, 5.41) is 3.64. The molecule has 1 atom stereocenters. The van der Waals surface area contributed by atoms with Crippen LogP contribution in [-0.2, 0) is 0 Å². The van der Waals surface area contributed by atoms with Crippen LogP contribution in [0, 0.1) is 5.82 Å². The molecule has 1 aromatic carbocycles. The minimum Gasteiger partial charge on any atom is -0.490 e. The highest BCUT2D eigenvalue weighted by Crippen LogP contribution is 2.25. The second-order valence-corrected chi connectivity index (χ2v) is 3.73. The highest BCUT2D eigenvalue weighted by atomic mass is 35.5. The van der Waals surface area contributed by atoms with Crippen molar-refractivity contribution < 1.29 is 9.13 Å². The SMILES string of the molecule is Fc1ccc(Cl)c(OCC2CCN2)c1. The van der Waals surface area contributed by atoms with E-state index < -0.39 is 0 Å². The van der Waals surface area contributed by atoms with E-state index in [2.05, 4.69) is 5.32 Å². The van der Waals surface area contributed by atoms with Crippen LogP contribution in [0.1, 0.15) is 6.42 Å². The van der Waals surface area contributed by atoms with Crippen molar-refractivity contribution in [2.45, 2.75) is 12.5 Å². The number of halogens is 2. The molecule has 1 saturated heterocycles. The molecule has 14 heavy (non-hydrogen) atoms. The molecule has 0 amide bonds. The molecule has 1 unspecified atom stereocenters. The normalized spacial score (nSPS) is 20.3. The van der Waals surface area contributed by atoms with Crippen LogP contribution in [0.25, 0.3) is 0 Å². The van der Waals surface area contributed by atoms with Crippen LogP contribution in [0.15, 0.2) is 18.2 Å². The monoisotopic (exact) mass is 215 g/mol. The summed E-state index contributed by atoms with van der Waals surface area (Å²) in [5.74, 6) is 0.0892. The van der Waals surface area contributed by atoms with Crippen LogP contribution in [0.2, 0.25) is 5.02 Å². The summed E-state index contributed by atoms with van der Waals surface area (Å²) in [5.41, 5.74) is 0. The lowest BCUT2D eigenvalue weighted by atomic mass is 10.1. The van der Waals surface area contributed by atoms with Gasteiger partial charge in [-0.3, -0.25) is 0 Å². The van der Waals surface area contributed by atoms with E-state index in [4.69, 9.17) is 16.3 Å². The number of benzene rings is 1. The van der Waals surface area contributed by atoms with Crippen LogP contribution < -0.4 is 10.1 Å². The lowest BCUT2D eigenvalue weighted by Gasteiger charge is -2.27. The third-order valence-corrected chi connectivity index (χ3v) is 2.57. The van der Waals surface area contributed by atoms with Crippen molar-refractivity contribution in [2.75, 3.05) is 13.2 Å². The first-order valence-electron chi connectivity index (χ1n) is 4.57. The molecular formula is C10H11ClFNO. The molecule has 2 rings (SSSR count). The van der Waals surface area contributed by atoms with Crippen molar-refractivity contribution in [3.8, 4) is 5.75 Å². The van der Waals surface area contributed by atoms with Gasteiger partial charge in [0.15, 0.2) is 0 Å². The fourth-order valence-corrected chi connectivity index (χ4v) is 1.44. The summed E-state index contributed by atoms with van der Waals surface area (Å²) < 4.78 is 18.2. The second kappa shape index (κ2) is 4.15. The summed E-state index contributed by atoms with van der Waals surface area (Å²) in [4.78, 5) is 0. The lowest BCUT2D eigenvalue weighted by molar-refractivity contribution is 0.217. The highest BCUT2D eigenvalue weighted by Gasteiger charge is 2.17. The molecule has 0 saturated carbocycles. The number of hydrogen-bond acceptors (Lipinski definition) is 2. The average molecular weight is 216 g/mol. The molecule has 0 spiro atoms. The topological polar surface area (TPSA) is 21.3 Å². The van der Waals surface area contributed by atoms with Crippen LogP contribution in [0.5, 0.6) is 5.75 Å². The minimum absolute atomic E-state index is 0.328. The molecule has 1 aliphatic heterocycles. The molecular weight excluding hydrogens is 205 g/mol. The summed E-state index contributed by atoms with van der Waals surface area (Å²) in [6.07, 6.45) is 1.10. The van der Waals surface area contributed by atoms with Gasteiger partial charge in [-0.25, -0.2) is 4.39 Å². The summed E-state index contributed by atoms with van der Waals surface area (Å²) >= 11 is 5.83. The molecule has 4 heteroatoms. The number of hydrogen-bond donors (Lipinski definition) is 1. The second-order valence-electron chi connectivity index (χ2n) is 3.33. The molecule has 1 aliphatic rings. The first-order valence-corrected chi connectivity index (χ1v) is 4.95. The number of ether oxygens (including phenoxy) is 1. The van der Waals surface area contributed by atoms with Gasteiger partial charge in [0.1, 0.15) is 18.2 Å². The van der Waals surface area contributed by atoms with E-state index in [0.29, 0.717) is 23.4 Å². The molecule has 2 nitrogen and oxygen atoms in total. The maximum atomic E-state index is 12.8. The number of nitrogens with one attached hydrogen (secondary N) is 1. The lowest BCUT2D eigenvalue weighted by Crippen LogP contribution is -2.46. The van der Waals surface area contributed by atoms with Crippen molar-refractivity contribution >= 4 is 11.6 Å². The zero-order valence-electron chi connectivity index (χ0n) is 7.59. The molecule has 0 radical (unpaired) electrons. The first kappa shape index (κ1) is 9.74. The van der Waals surface area contributed by atoms with Crippen molar-refractivity contribution in [3.05, 3.63) is 29.0 Å².